The zero-order valence-electron chi connectivity index (χ0n) is 13.4. The van der Waals surface area contributed by atoms with Crippen molar-refractivity contribution in [2.45, 2.75) is 59.4 Å². The molecule has 2 rings (SSSR count). The molecule has 3 heteroatoms. The fourth-order valence-corrected chi connectivity index (χ4v) is 3.56. The van der Waals surface area contributed by atoms with Gasteiger partial charge in [-0.2, -0.15) is 0 Å². The minimum Gasteiger partial charge on any atom is -0.321 e. The summed E-state index contributed by atoms with van der Waals surface area (Å²) in [5.41, 5.74) is 3.73. The zero-order valence-corrected chi connectivity index (χ0v) is 14.2. The normalized spacial score (nSPS) is 13.2. The first-order valence-electron chi connectivity index (χ1n) is 7.18. The van der Waals surface area contributed by atoms with E-state index >= 15 is 0 Å². The maximum Gasteiger partial charge on any atom is 0.125 e. The Hall–Kier alpha value is -1.02. The summed E-state index contributed by atoms with van der Waals surface area (Å²) in [6.07, 6.45) is 1.07. The van der Waals surface area contributed by atoms with Crippen LogP contribution >= 0.6 is 11.6 Å². The van der Waals surface area contributed by atoms with E-state index in [1.54, 1.807) is 0 Å². The summed E-state index contributed by atoms with van der Waals surface area (Å²) in [5.74, 6) is 1.41. The standard InChI is InChI=1S/C17H25ClN2/c1-12-7-8-13-14(9-12)20(15(10-18)19-13)17(5,6)11-16(2,3)4/h7-9H,10-11H2,1-6H3. The molecule has 0 atom stereocenters. The molecule has 2 nitrogen and oxygen atoms in total. The lowest BCUT2D eigenvalue weighted by Crippen LogP contribution is -2.32. The number of aryl methyl sites for hydroxylation is 1. The van der Waals surface area contributed by atoms with Crippen molar-refractivity contribution >= 4 is 22.6 Å². The fraction of sp³-hybridized carbons (Fsp3) is 0.588. The molecule has 2 aromatic rings. The maximum atomic E-state index is 6.14. The molecule has 0 fully saturated rings. The Kier molecular flexibility index (Phi) is 3.90. The van der Waals surface area contributed by atoms with Gasteiger partial charge in [-0.15, -0.1) is 11.6 Å². The van der Waals surface area contributed by atoms with Crippen molar-refractivity contribution in [3.05, 3.63) is 29.6 Å². The molecule has 0 aliphatic rings. The van der Waals surface area contributed by atoms with Gasteiger partial charge >= 0.3 is 0 Å². The van der Waals surface area contributed by atoms with Crippen molar-refractivity contribution < 1.29 is 0 Å². The van der Waals surface area contributed by atoms with Crippen LogP contribution in [-0.2, 0) is 11.4 Å². The Morgan fingerprint density at radius 2 is 1.80 bits per heavy atom. The van der Waals surface area contributed by atoms with E-state index in [0.29, 0.717) is 5.88 Å². The van der Waals surface area contributed by atoms with Gasteiger partial charge in [-0.3, -0.25) is 0 Å². The third-order valence-electron chi connectivity index (χ3n) is 3.57. The summed E-state index contributed by atoms with van der Waals surface area (Å²) in [4.78, 5) is 4.70. The van der Waals surface area contributed by atoms with E-state index in [1.165, 1.54) is 11.1 Å². The fourth-order valence-electron chi connectivity index (χ4n) is 3.38. The van der Waals surface area contributed by atoms with Crippen LogP contribution in [0, 0.1) is 12.3 Å². The summed E-state index contributed by atoms with van der Waals surface area (Å²) < 4.78 is 2.33. The van der Waals surface area contributed by atoms with E-state index in [1.807, 2.05) is 0 Å². The van der Waals surface area contributed by atoms with Gasteiger partial charge in [0.2, 0.25) is 0 Å². The summed E-state index contributed by atoms with van der Waals surface area (Å²) in [7, 11) is 0. The number of rotatable bonds is 3. The van der Waals surface area contributed by atoms with E-state index in [9.17, 15) is 0 Å². The molecule has 0 radical (unpaired) electrons. The molecule has 20 heavy (non-hydrogen) atoms. The second kappa shape index (κ2) is 5.07. The van der Waals surface area contributed by atoms with Crippen LogP contribution in [0.4, 0.5) is 0 Å². The minimum absolute atomic E-state index is 0.00891. The molecule has 0 saturated heterocycles. The molecule has 1 heterocycles. The predicted molar refractivity (Wildman–Crippen MR) is 87.4 cm³/mol. The van der Waals surface area contributed by atoms with Crippen LogP contribution in [0.1, 0.15) is 52.4 Å². The van der Waals surface area contributed by atoms with Crippen LogP contribution in [0.5, 0.6) is 0 Å². The Bertz CT molecular complexity index is 618. The van der Waals surface area contributed by atoms with E-state index in [4.69, 9.17) is 16.6 Å². The second-order valence-electron chi connectivity index (χ2n) is 7.54. The molecule has 110 valence electrons. The van der Waals surface area contributed by atoms with Crippen molar-refractivity contribution in [3.8, 4) is 0 Å². The summed E-state index contributed by atoms with van der Waals surface area (Å²) in [6.45, 7) is 13.5. The number of alkyl halides is 1. The zero-order chi connectivity index (χ0) is 15.1. The highest BCUT2D eigenvalue weighted by molar-refractivity contribution is 6.16. The summed E-state index contributed by atoms with van der Waals surface area (Å²) >= 11 is 6.14. The molecular formula is C17H25ClN2. The predicted octanol–water partition coefficient (Wildman–Crippen LogP) is 5.25. The Morgan fingerprint density at radius 3 is 2.35 bits per heavy atom. The van der Waals surface area contributed by atoms with Crippen LogP contribution in [0.25, 0.3) is 11.0 Å². The van der Waals surface area contributed by atoms with Gasteiger partial charge in [0.1, 0.15) is 5.82 Å². The van der Waals surface area contributed by atoms with Crippen LogP contribution in [-0.4, -0.2) is 9.55 Å². The number of hydrogen-bond donors (Lipinski definition) is 0. The van der Waals surface area contributed by atoms with E-state index in [-0.39, 0.29) is 11.0 Å². The second-order valence-corrected chi connectivity index (χ2v) is 7.81. The Morgan fingerprint density at radius 1 is 1.15 bits per heavy atom. The van der Waals surface area contributed by atoms with Gasteiger partial charge in [0.25, 0.3) is 0 Å². The van der Waals surface area contributed by atoms with Crippen molar-refractivity contribution in [2.75, 3.05) is 0 Å². The highest BCUT2D eigenvalue weighted by Gasteiger charge is 2.30. The number of hydrogen-bond acceptors (Lipinski definition) is 1. The van der Waals surface area contributed by atoms with Gasteiger partial charge in [-0.05, 0) is 50.3 Å². The number of imidazole rings is 1. The third-order valence-corrected chi connectivity index (χ3v) is 3.81. The molecule has 1 aromatic heterocycles. The minimum atomic E-state index is -0.00891. The number of fused-ring (bicyclic) bond motifs is 1. The lowest BCUT2D eigenvalue weighted by atomic mass is 9.81. The largest absolute Gasteiger partial charge is 0.321 e. The molecular weight excluding hydrogens is 268 g/mol. The van der Waals surface area contributed by atoms with Crippen molar-refractivity contribution in [1.29, 1.82) is 0 Å². The lowest BCUT2D eigenvalue weighted by Gasteiger charge is -2.35. The van der Waals surface area contributed by atoms with Gasteiger partial charge in [0, 0.05) is 5.54 Å². The van der Waals surface area contributed by atoms with Gasteiger partial charge < -0.3 is 4.57 Å². The highest BCUT2D eigenvalue weighted by Crippen LogP contribution is 2.36. The monoisotopic (exact) mass is 292 g/mol. The van der Waals surface area contributed by atoms with Gasteiger partial charge in [0.15, 0.2) is 0 Å². The summed E-state index contributed by atoms with van der Waals surface area (Å²) in [5, 5.41) is 0. The number of halogens is 1. The van der Waals surface area contributed by atoms with Crippen molar-refractivity contribution in [3.63, 3.8) is 0 Å². The lowest BCUT2D eigenvalue weighted by molar-refractivity contribution is 0.216. The van der Waals surface area contributed by atoms with E-state index < -0.39 is 0 Å². The first-order valence-corrected chi connectivity index (χ1v) is 7.72. The Labute approximate surface area is 127 Å². The van der Waals surface area contributed by atoms with Crippen molar-refractivity contribution in [1.82, 2.24) is 9.55 Å². The molecule has 0 unspecified atom stereocenters. The average molecular weight is 293 g/mol. The molecule has 1 aromatic carbocycles. The topological polar surface area (TPSA) is 17.8 Å². The van der Waals surface area contributed by atoms with Crippen molar-refractivity contribution in [2.24, 2.45) is 5.41 Å². The van der Waals surface area contributed by atoms with Gasteiger partial charge in [0.05, 0.1) is 16.9 Å². The molecule has 0 saturated carbocycles. The summed E-state index contributed by atoms with van der Waals surface area (Å²) in [6, 6.07) is 6.40. The Balaban J connectivity index is 2.64. The van der Waals surface area contributed by atoms with E-state index in [0.717, 1.165) is 17.8 Å². The molecule has 0 amide bonds. The van der Waals surface area contributed by atoms with Crippen LogP contribution in [0.15, 0.2) is 18.2 Å². The molecule has 0 aliphatic carbocycles. The van der Waals surface area contributed by atoms with Crippen LogP contribution < -0.4 is 0 Å². The third kappa shape index (κ3) is 3.01. The van der Waals surface area contributed by atoms with Gasteiger partial charge in [-0.1, -0.05) is 26.8 Å². The highest BCUT2D eigenvalue weighted by atomic mass is 35.5. The first-order chi connectivity index (χ1) is 9.14. The maximum absolute atomic E-state index is 6.14. The smallest absolute Gasteiger partial charge is 0.125 e. The van der Waals surface area contributed by atoms with E-state index in [2.05, 4.69) is 64.3 Å². The van der Waals surface area contributed by atoms with Crippen LogP contribution in [0.2, 0.25) is 0 Å². The number of nitrogens with zero attached hydrogens (tertiary/aromatic N) is 2. The molecule has 0 spiro atoms. The SMILES string of the molecule is Cc1ccc2nc(CCl)n(C(C)(C)CC(C)(C)C)c2c1. The average Bonchev–Trinajstić information content (AvgIpc) is 2.63. The molecule has 0 N–H and O–H groups in total. The molecule has 0 bridgehead atoms. The van der Waals surface area contributed by atoms with Gasteiger partial charge in [-0.25, -0.2) is 4.98 Å². The quantitative estimate of drug-likeness (QED) is 0.706. The van der Waals surface area contributed by atoms with Crippen LogP contribution in [0.3, 0.4) is 0 Å². The number of aromatic nitrogens is 2. The first kappa shape index (κ1) is 15.4. The number of benzene rings is 1. The molecule has 0 aliphatic heterocycles.